The van der Waals surface area contributed by atoms with Gasteiger partial charge in [-0.05, 0) is 6.07 Å². The second-order valence-corrected chi connectivity index (χ2v) is 3.65. The number of aromatic amines is 1. The van der Waals surface area contributed by atoms with Crippen LogP contribution in [0, 0.1) is 0 Å². The number of para-hydroxylation sites is 1. The summed E-state index contributed by atoms with van der Waals surface area (Å²) >= 11 is 0. The van der Waals surface area contributed by atoms with E-state index >= 15 is 0 Å². The number of aliphatic carboxylic acids is 1. The summed E-state index contributed by atoms with van der Waals surface area (Å²) in [6.07, 6.45) is 0.102. The van der Waals surface area contributed by atoms with Gasteiger partial charge in [0.15, 0.2) is 5.88 Å². The molecule has 1 atom stereocenters. The summed E-state index contributed by atoms with van der Waals surface area (Å²) in [6.45, 7) is 0. The normalized spacial score (nSPS) is 12.8. The molecule has 0 aliphatic carbocycles. The largest absolute Gasteiger partial charge is 0.494 e. The van der Waals surface area contributed by atoms with E-state index in [4.69, 9.17) is 10.8 Å². The first kappa shape index (κ1) is 10.5. The number of benzene rings is 1. The zero-order chi connectivity index (χ0) is 11.7. The Morgan fingerprint density at radius 1 is 1.44 bits per heavy atom. The first-order chi connectivity index (χ1) is 7.59. The van der Waals surface area contributed by atoms with E-state index < -0.39 is 12.0 Å². The molecule has 5 heteroatoms. The number of H-pyrrole nitrogens is 1. The first-order valence-electron chi connectivity index (χ1n) is 4.86. The van der Waals surface area contributed by atoms with Crippen LogP contribution >= 0.6 is 0 Å². The lowest BCUT2D eigenvalue weighted by molar-refractivity contribution is -0.138. The van der Waals surface area contributed by atoms with Crippen molar-refractivity contribution in [3.8, 4) is 5.88 Å². The zero-order valence-electron chi connectivity index (χ0n) is 8.47. The van der Waals surface area contributed by atoms with Gasteiger partial charge in [-0.3, -0.25) is 4.79 Å². The van der Waals surface area contributed by atoms with Crippen molar-refractivity contribution in [2.45, 2.75) is 12.5 Å². The summed E-state index contributed by atoms with van der Waals surface area (Å²) in [5.41, 5.74) is 6.76. The van der Waals surface area contributed by atoms with Crippen LogP contribution in [0.5, 0.6) is 5.88 Å². The van der Waals surface area contributed by atoms with Gasteiger partial charge in [0, 0.05) is 22.9 Å². The molecule has 0 aliphatic rings. The molecule has 1 aromatic heterocycles. The highest BCUT2D eigenvalue weighted by atomic mass is 16.4. The van der Waals surface area contributed by atoms with Crippen LogP contribution in [0.4, 0.5) is 0 Å². The number of hydrogen-bond donors (Lipinski definition) is 4. The number of hydrogen-bond acceptors (Lipinski definition) is 3. The molecule has 0 amide bonds. The summed E-state index contributed by atoms with van der Waals surface area (Å²) < 4.78 is 0. The van der Waals surface area contributed by atoms with Gasteiger partial charge in [-0.15, -0.1) is 0 Å². The second kappa shape index (κ2) is 3.86. The van der Waals surface area contributed by atoms with Crippen LogP contribution in [0.15, 0.2) is 24.3 Å². The molecular formula is C11H12N2O3. The number of nitrogens with one attached hydrogen (secondary N) is 1. The maximum atomic E-state index is 10.7. The molecule has 0 unspecified atom stereocenters. The lowest BCUT2D eigenvalue weighted by Gasteiger charge is -2.05. The number of rotatable bonds is 3. The molecule has 16 heavy (non-hydrogen) atoms. The maximum Gasteiger partial charge on any atom is 0.320 e. The first-order valence-corrected chi connectivity index (χ1v) is 4.86. The quantitative estimate of drug-likeness (QED) is 0.615. The maximum absolute atomic E-state index is 10.7. The highest BCUT2D eigenvalue weighted by Crippen LogP contribution is 2.27. The van der Waals surface area contributed by atoms with Crippen LogP contribution < -0.4 is 5.73 Å². The monoisotopic (exact) mass is 220 g/mol. The molecule has 1 heterocycles. The van der Waals surface area contributed by atoms with Gasteiger partial charge < -0.3 is 20.9 Å². The van der Waals surface area contributed by atoms with E-state index in [2.05, 4.69) is 4.98 Å². The van der Waals surface area contributed by atoms with E-state index in [1.165, 1.54) is 0 Å². The Labute approximate surface area is 91.5 Å². The van der Waals surface area contributed by atoms with Crippen LogP contribution in [-0.4, -0.2) is 27.2 Å². The number of aromatic hydroxyl groups is 1. The smallest absolute Gasteiger partial charge is 0.320 e. The van der Waals surface area contributed by atoms with Crippen molar-refractivity contribution >= 4 is 16.9 Å². The molecule has 2 rings (SSSR count). The summed E-state index contributed by atoms with van der Waals surface area (Å²) in [5, 5.41) is 19.2. The van der Waals surface area contributed by atoms with Gasteiger partial charge >= 0.3 is 5.97 Å². The fraction of sp³-hybridized carbons (Fsp3) is 0.182. The molecule has 0 bridgehead atoms. The van der Waals surface area contributed by atoms with Crippen LogP contribution in [0.2, 0.25) is 0 Å². The molecular weight excluding hydrogens is 208 g/mol. The summed E-state index contributed by atoms with van der Waals surface area (Å²) in [4.78, 5) is 13.4. The Kier molecular flexibility index (Phi) is 2.54. The predicted octanol–water partition coefficient (Wildman–Crippen LogP) is 0.828. The SMILES string of the molecule is N[C@H](Cc1c(O)[nH]c2ccccc12)C(=O)O. The predicted molar refractivity (Wildman–Crippen MR) is 59.3 cm³/mol. The van der Waals surface area contributed by atoms with Crippen molar-refractivity contribution in [2.75, 3.05) is 0 Å². The number of carboxylic acids is 1. The van der Waals surface area contributed by atoms with Gasteiger partial charge in [0.1, 0.15) is 6.04 Å². The topological polar surface area (TPSA) is 99.3 Å². The number of fused-ring (bicyclic) bond motifs is 1. The molecule has 84 valence electrons. The van der Waals surface area contributed by atoms with E-state index in [0.29, 0.717) is 5.56 Å². The molecule has 5 nitrogen and oxygen atoms in total. The number of nitrogens with two attached hydrogens (primary N) is 1. The van der Waals surface area contributed by atoms with Crippen LogP contribution in [0.1, 0.15) is 5.56 Å². The average Bonchev–Trinajstić information content (AvgIpc) is 2.55. The Bertz CT molecular complexity index is 533. The van der Waals surface area contributed by atoms with E-state index in [1.54, 1.807) is 0 Å². The lowest BCUT2D eigenvalue weighted by atomic mass is 10.1. The summed E-state index contributed by atoms with van der Waals surface area (Å²) in [5.74, 6) is -1.09. The third-order valence-corrected chi connectivity index (χ3v) is 2.53. The Hall–Kier alpha value is -2.01. The molecule has 0 aliphatic heterocycles. The number of carboxylic acid groups (broad SMARTS) is 1. The standard InChI is InChI=1S/C11H12N2O3/c12-8(11(15)16)5-7-6-3-1-2-4-9(6)13-10(7)14/h1-4,8,13-14H,5,12H2,(H,15,16)/t8-/m1/s1. The molecule has 1 aromatic carbocycles. The van der Waals surface area contributed by atoms with Crippen molar-refractivity contribution < 1.29 is 15.0 Å². The Morgan fingerprint density at radius 2 is 2.12 bits per heavy atom. The molecule has 0 radical (unpaired) electrons. The van der Waals surface area contributed by atoms with Gasteiger partial charge in [0.25, 0.3) is 0 Å². The Balaban J connectivity index is 2.43. The van der Waals surface area contributed by atoms with Gasteiger partial charge in [-0.25, -0.2) is 0 Å². The van der Waals surface area contributed by atoms with E-state index in [0.717, 1.165) is 10.9 Å². The molecule has 5 N–H and O–H groups in total. The Morgan fingerprint density at radius 3 is 2.81 bits per heavy atom. The molecule has 0 spiro atoms. The summed E-state index contributed by atoms with van der Waals surface area (Å²) in [7, 11) is 0. The molecule has 2 aromatic rings. The van der Waals surface area contributed by atoms with E-state index in [1.807, 2.05) is 24.3 Å². The highest BCUT2D eigenvalue weighted by Gasteiger charge is 2.18. The van der Waals surface area contributed by atoms with Crippen LogP contribution in [-0.2, 0) is 11.2 Å². The molecule has 0 saturated carbocycles. The van der Waals surface area contributed by atoms with Gasteiger partial charge in [-0.1, -0.05) is 18.2 Å². The lowest BCUT2D eigenvalue weighted by Crippen LogP contribution is -2.32. The molecule has 0 saturated heterocycles. The summed E-state index contributed by atoms with van der Waals surface area (Å²) in [6, 6.07) is 6.27. The van der Waals surface area contributed by atoms with Crippen molar-refractivity contribution in [2.24, 2.45) is 5.73 Å². The minimum atomic E-state index is -1.08. The van der Waals surface area contributed by atoms with E-state index in [9.17, 15) is 9.90 Å². The number of aromatic nitrogens is 1. The van der Waals surface area contributed by atoms with Crippen molar-refractivity contribution in [3.63, 3.8) is 0 Å². The fourth-order valence-electron chi connectivity index (χ4n) is 1.70. The third-order valence-electron chi connectivity index (χ3n) is 2.53. The average molecular weight is 220 g/mol. The fourth-order valence-corrected chi connectivity index (χ4v) is 1.70. The number of carbonyl (C=O) groups is 1. The van der Waals surface area contributed by atoms with Crippen LogP contribution in [0.25, 0.3) is 10.9 Å². The molecule has 0 fully saturated rings. The van der Waals surface area contributed by atoms with Gasteiger partial charge in [-0.2, -0.15) is 0 Å². The van der Waals surface area contributed by atoms with Crippen molar-refractivity contribution in [1.82, 2.24) is 4.98 Å². The van der Waals surface area contributed by atoms with Crippen molar-refractivity contribution in [3.05, 3.63) is 29.8 Å². The minimum Gasteiger partial charge on any atom is -0.494 e. The van der Waals surface area contributed by atoms with E-state index in [-0.39, 0.29) is 12.3 Å². The minimum absolute atomic E-state index is 0.0158. The van der Waals surface area contributed by atoms with Gasteiger partial charge in [0.05, 0.1) is 0 Å². The van der Waals surface area contributed by atoms with Crippen molar-refractivity contribution in [1.29, 1.82) is 0 Å². The van der Waals surface area contributed by atoms with Gasteiger partial charge in [0.2, 0.25) is 0 Å². The second-order valence-electron chi connectivity index (χ2n) is 3.65. The third kappa shape index (κ3) is 1.72. The highest BCUT2D eigenvalue weighted by molar-refractivity contribution is 5.86. The van der Waals surface area contributed by atoms with Crippen LogP contribution in [0.3, 0.4) is 0 Å². The zero-order valence-corrected chi connectivity index (χ0v) is 8.47.